The molecule has 0 fully saturated rings. The molecule has 0 aliphatic heterocycles. The van der Waals surface area contributed by atoms with Crippen LogP contribution in [0.3, 0.4) is 0 Å². The van der Waals surface area contributed by atoms with E-state index in [1.54, 1.807) is 18.2 Å². The Hall–Kier alpha value is -4.12. The average molecular weight is 439 g/mol. The summed E-state index contributed by atoms with van der Waals surface area (Å²) >= 11 is 0.991. The van der Waals surface area contributed by atoms with E-state index in [-0.39, 0.29) is 33.4 Å². The van der Waals surface area contributed by atoms with Crippen LogP contribution in [0.5, 0.6) is 0 Å². The van der Waals surface area contributed by atoms with E-state index in [0.717, 1.165) is 11.3 Å². The number of hydrogen-bond acceptors (Lipinski definition) is 6. The highest BCUT2D eigenvalue weighted by atomic mass is 32.1. The Balaban J connectivity index is 1.44. The highest BCUT2D eigenvalue weighted by Gasteiger charge is 2.16. The molecule has 0 bridgehead atoms. The first-order valence-corrected chi connectivity index (χ1v) is 9.78. The molecular weight excluding hydrogens is 425 g/mol. The van der Waals surface area contributed by atoms with Crippen LogP contribution in [-0.4, -0.2) is 33.5 Å². The molecular formula is C20H14FN5O4S. The second-order valence-electron chi connectivity index (χ2n) is 6.38. The van der Waals surface area contributed by atoms with E-state index in [0.29, 0.717) is 5.01 Å². The van der Waals surface area contributed by atoms with E-state index in [9.17, 15) is 23.6 Å². The number of halogens is 1. The molecule has 4 rings (SSSR count). The van der Waals surface area contributed by atoms with Gasteiger partial charge in [-0.05, 0) is 24.3 Å². The van der Waals surface area contributed by atoms with Crippen molar-refractivity contribution in [3.8, 4) is 10.6 Å². The monoisotopic (exact) mass is 439 g/mol. The summed E-state index contributed by atoms with van der Waals surface area (Å²) in [5.74, 6) is -1.60. The maximum absolute atomic E-state index is 13.9. The van der Waals surface area contributed by atoms with Crippen LogP contribution in [0.4, 0.5) is 10.1 Å². The Morgan fingerprint density at radius 1 is 1.03 bits per heavy atom. The van der Waals surface area contributed by atoms with Gasteiger partial charge in [0.2, 0.25) is 5.91 Å². The Labute approximate surface area is 177 Å². The number of hydrogen-bond donors (Lipinski definition) is 4. The summed E-state index contributed by atoms with van der Waals surface area (Å²) in [7, 11) is 0. The Kier molecular flexibility index (Phi) is 5.41. The SMILES string of the molecule is O=C(CNC(=O)c1cnc(-c2ccccc2F)s1)Nc1cccc2c(=O)[nH][nH]c(=O)c12. The number of amides is 2. The van der Waals surface area contributed by atoms with Gasteiger partial charge in [-0.25, -0.2) is 9.37 Å². The molecule has 2 aromatic heterocycles. The van der Waals surface area contributed by atoms with Crippen LogP contribution in [-0.2, 0) is 4.79 Å². The number of anilines is 1. The van der Waals surface area contributed by atoms with Gasteiger partial charge in [-0.2, -0.15) is 0 Å². The summed E-state index contributed by atoms with van der Waals surface area (Å²) in [5.41, 5.74) is -0.654. The van der Waals surface area contributed by atoms with Crippen molar-refractivity contribution in [1.82, 2.24) is 20.5 Å². The van der Waals surface area contributed by atoms with Crippen LogP contribution in [0.1, 0.15) is 9.67 Å². The van der Waals surface area contributed by atoms with Crippen molar-refractivity contribution < 1.29 is 14.0 Å². The zero-order valence-electron chi connectivity index (χ0n) is 15.7. The lowest BCUT2D eigenvalue weighted by molar-refractivity contribution is -0.115. The molecule has 2 amide bonds. The van der Waals surface area contributed by atoms with Gasteiger partial charge < -0.3 is 10.6 Å². The van der Waals surface area contributed by atoms with Crippen molar-refractivity contribution in [3.05, 3.63) is 80.1 Å². The van der Waals surface area contributed by atoms with Crippen molar-refractivity contribution in [3.63, 3.8) is 0 Å². The Morgan fingerprint density at radius 2 is 1.81 bits per heavy atom. The van der Waals surface area contributed by atoms with Crippen LogP contribution in [0.25, 0.3) is 21.3 Å². The lowest BCUT2D eigenvalue weighted by Crippen LogP contribution is -2.32. The molecule has 11 heteroatoms. The average Bonchev–Trinajstić information content (AvgIpc) is 3.25. The molecule has 0 saturated carbocycles. The quantitative estimate of drug-likeness (QED) is 0.376. The Bertz CT molecular complexity index is 1420. The molecule has 0 radical (unpaired) electrons. The summed E-state index contributed by atoms with van der Waals surface area (Å²) < 4.78 is 13.9. The second kappa shape index (κ2) is 8.32. The molecule has 4 aromatic rings. The fourth-order valence-corrected chi connectivity index (χ4v) is 3.77. The third-order valence-corrected chi connectivity index (χ3v) is 5.37. The zero-order valence-corrected chi connectivity index (χ0v) is 16.5. The van der Waals surface area contributed by atoms with Gasteiger partial charge in [0.1, 0.15) is 15.7 Å². The molecule has 0 spiro atoms. The fourth-order valence-electron chi connectivity index (χ4n) is 2.91. The second-order valence-corrected chi connectivity index (χ2v) is 7.41. The number of benzene rings is 2. The van der Waals surface area contributed by atoms with Crippen molar-refractivity contribution in [1.29, 1.82) is 0 Å². The van der Waals surface area contributed by atoms with Crippen molar-refractivity contribution in [2.24, 2.45) is 0 Å². The van der Waals surface area contributed by atoms with Gasteiger partial charge in [0.25, 0.3) is 17.0 Å². The number of rotatable bonds is 5. The van der Waals surface area contributed by atoms with Gasteiger partial charge in [-0.1, -0.05) is 18.2 Å². The maximum atomic E-state index is 13.9. The smallest absolute Gasteiger partial charge is 0.272 e. The first kappa shape index (κ1) is 20.2. The summed E-state index contributed by atoms with van der Waals surface area (Å²) in [4.78, 5) is 52.8. The van der Waals surface area contributed by atoms with E-state index in [1.807, 2.05) is 0 Å². The zero-order chi connectivity index (χ0) is 22.0. The highest BCUT2D eigenvalue weighted by molar-refractivity contribution is 7.16. The fraction of sp³-hybridized carbons (Fsp3) is 0.0500. The minimum atomic E-state index is -0.598. The van der Waals surface area contributed by atoms with Gasteiger partial charge in [-0.3, -0.25) is 29.4 Å². The topological polar surface area (TPSA) is 137 Å². The van der Waals surface area contributed by atoms with E-state index in [1.165, 1.54) is 30.5 Å². The lowest BCUT2D eigenvalue weighted by atomic mass is 10.1. The number of aromatic nitrogens is 3. The van der Waals surface area contributed by atoms with Crippen molar-refractivity contribution in [2.45, 2.75) is 0 Å². The molecule has 31 heavy (non-hydrogen) atoms. The number of thiazole rings is 1. The van der Waals surface area contributed by atoms with Gasteiger partial charge in [0, 0.05) is 5.56 Å². The molecule has 2 heterocycles. The third kappa shape index (κ3) is 4.12. The molecule has 0 atom stereocenters. The van der Waals surface area contributed by atoms with Crippen LogP contribution in [0.15, 0.2) is 58.3 Å². The van der Waals surface area contributed by atoms with Gasteiger partial charge in [-0.15, -0.1) is 11.3 Å². The molecule has 0 unspecified atom stereocenters. The molecule has 156 valence electrons. The van der Waals surface area contributed by atoms with E-state index >= 15 is 0 Å². The molecule has 0 saturated heterocycles. The number of fused-ring (bicyclic) bond motifs is 1. The van der Waals surface area contributed by atoms with Crippen molar-refractivity contribution >= 4 is 39.6 Å². The molecule has 0 aliphatic carbocycles. The van der Waals surface area contributed by atoms with E-state index in [2.05, 4.69) is 25.8 Å². The van der Waals surface area contributed by atoms with Gasteiger partial charge in [0.05, 0.1) is 29.2 Å². The molecule has 0 aliphatic rings. The predicted molar refractivity (Wildman–Crippen MR) is 114 cm³/mol. The number of carbonyl (C=O) groups is 2. The minimum Gasteiger partial charge on any atom is -0.342 e. The first-order valence-electron chi connectivity index (χ1n) is 8.96. The van der Waals surface area contributed by atoms with Gasteiger partial charge >= 0.3 is 0 Å². The maximum Gasteiger partial charge on any atom is 0.272 e. The largest absolute Gasteiger partial charge is 0.342 e. The minimum absolute atomic E-state index is 0.0305. The van der Waals surface area contributed by atoms with Crippen LogP contribution < -0.4 is 21.8 Å². The highest BCUT2D eigenvalue weighted by Crippen LogP contribution is 2.27. The Morgan fingerprint density at radius 3 is 2.61 bits per heavy atom. The first-order chi connectivity index (χ1) is 14.9. The summed E-state index contributed by atoms with van der Waals surface area (Å²) in [6, 6.07) is 10.5. The van der Waals surface area contributed by atoms with Crippen LogP contribution in [0.2, 0.25) is 0 Å². The number of nitrogens with one attached hydrogen (secondary N) is 4. The van der Waals surface area contributed by atoms with Gasteiger partial charge in [0.15, 0.2) is 0 Å². The lowest BCUT2D eigenvalue weighted by Gasteiger charge is -2.08. The van der Waals surface area contributed by atoms with Crippen LogP contribution in [0, 0.1) is 5.82 Å². The summed E-state index contributed by atoms with van der Waals surface area (Å²) in [5, 5.41) is 9.86. The number of aromatic amines is 2. The summed E-state index contributed by atoms with van der Waals surface area (Å²) in [6.45, 7) is -0.386. The molecule has 4 N–H and O–H groups in total. The molecule has 2 aromatic carbocycles. The third-order valence-electron chi connectivity index (χ3n) is 4.34. The van der Waals surface area contributed by atoms with Crippen LogP contribution >= 0.6 is 11.3 Å². The number of nitrogens with zero attached hydrogens (tertiary/aromatic N) is 1. The normalized spacial score (nSPS) is 10.7. The number of H-pyrrole nitrogens is 2. The standard InChI is InChI=1S/C20H14FN5O4S/c21-12-6-2-1-4-10(12)20-23-8-14(31-20)18(29)22-9-15(27)24-13-7-3-5-11-16(13)19(30)26-25-17(11)28/h1-8H,9H2,(H,22,29)(H,24,27)(H,25,28)(H,26,30). The predicted octanol–water partition coefficient (Wildman–Crippen LogP) is 1.85. The molecule has 9 nitrogen and oxygen atoms in total. The van der Waals surface area contributed by atoms with E-state index < -0.39 is 28.8 Å². The summed E-state index contributed by atoms with van der Waals surface area (Å²) in [6.07, 6.45) is 1.30. The van der Waals surface area contributed by atoms with Crippen molar-refractivity contribution in [2.75, 3.05) is 11.9 Å². The van der Waals surface area contributed by atoms with E-state index in [4.69, 9.17) is 0 Å². The number of carbonyl (C=O) groups excluding carboxylic acids is 2.